The molecule has 2 atom stereocenters. The number of hydrogen-bond donors (Lipinski definition) is 1. The number of hydrogen-bond acceptors (Lipinski definition) is 2. The monoisotopic (exact) mass is 215 g/mol. The molecule has 1 nitrogen and oxygen atoms in total. The summed E-state index contributed by atoms with van der Waals surface area (Å²) in [6, 6.07) is 4.66. The number of benzene rings is 1. The van der Waals surface area contributed by atoms with Crippen LogP contribution < -0.4 is 5.32 Å². The molecule has 0 saturated carbocycles. The van der Waals surface area contributed by atoms with Gasteiger partial charge in [-0.05, 0) is 13.0 Å². The summed E-state index contributed by atoms with van der Waals surface area (Å²) in [5, 5.41) is 3.08. The van der Waals surface area contributed by atoms with Gasteiger partial charge in [0.25, 0.3) is 0 Å². The molecule has 2 unspecified atom stereocenters. The van der Waals surface area contributed by atoms with E-state index >= 15 is 0 Å². The minimum absolute atomic E-state index is 0.110. The van der Waals surface area contributed by atoms with E-state index in [1.165, 1.54) is 0 Å². The topological polar surface area (TPSA) is 12.0 Å². The molecule has 0 aliphatic carbocycles. The van der Waals surface area contributed by atoms with E-state index in [4.69, 9.17) is 0 Å². The van der Waals surface area contributed by atoms with Gasteiger partial charge in [0.1, 0.15) is 0 Å². The normalized spacial score (nSPS) is 26.8. The van der Waals surface area contributed by atoms with Crippen molar-refractivity contribution < 1.29 is 8.78 Å². The van der Waals surface area contributed by atoms with Gasteiger partial charge in [-0.1, -0.05) is 12.1 Å². The zero-order chi connectivity index (χ0) is 10.1. The van der Waals surface area contributed by atoms with Gasteiger partial charge >= 0.3 is 0 Å². The molecule has 1 heterocycles. The Kier molecular flexibility index (Phi) is 2.74. The summed E-state index contributed by atoms with van der Waals surface area (Å²) in [6.07, 6.45) is 0. The Morgan fingerprint density at radius 2 is 2.21 bits per heavy atom. The molecular weight excluding hydrogens is 204 g/mol. The van der Waals surface area contributed by atoms with Crippen molar-refractivity contribution in [2.75, 3.05) is 5.75 Å². The van der Waals surface area contributed by atoms with Crippen molar-refractivity contribution in [1.82, 2.24) is 5.32 Å². The Labute approximate surface area is 85.9 Å². The lowest BCUT2D eigenvalue weighted by atomic mass is 10.2. The fourth-order valence-electron chi connectivity index (χ4n) is 1.50. The van der Waals surface area contributed by atoms with Crippen LogP contribution in [-0.4, -0.2) is 11.8 Å². The van der Waals surface area contributed by atoms with Crippen LogP contribution in [0, 0.1) is 11.6 Å². The zero-order valence-electron chi connectivity index (χ0n) is 7.76. The van der Waals surface area contributed by atoms with Gasteiger partial charge in [-0.15, -0.1) is 11.8 Å². The van der Waals surface area contributed by atoms with E-state index in [-0.39, 0.29) is 5.37 Å². The first kappa shape index (κ1) is 9.93. The fraction of sp³-hybridized carbons (Fsp3) is 0.400. The SMILES string of the molecule is CC1CSC(c2cccc(F)c2F)N1. The second-order valence-electron chi connectivity index (χ2n) is 3.42. The Hall–Kier alpha value is -0.610. The van der Waals surface area contributed by atoms with Crippen LogP contribution in [0.5, 0.6) is 0 Å². The molecule has 14 heavy (non-hydrogen) atoms. The highest BCUT2D eigenvalue weighted by molar-refractivity contribution is 7.99. The molecule has 1 aliphatic heterocycles. The van der Waals surface area contributed by atoms with Crippen LogP contribution in [0.15, 0.2) is 18.2 Å². The van der Waals surface area contributed by atoms with Crippen molar-refractivity contribution in [3.05, 3.63) is 35.4 Å². The summed E-state index contributed by atoms with van der Waals surface area (Å²) >= 11 is 1.61. The maximum atomic E-state index is 13.4. The predicted molar refractivity (Wildman–Crippen MR) is 54.2 cm³/mol. The lowest BCUT2D eigenvalue weighted by Gasteiger charge is -2.12. The second-order valence-corrected chi connectivity index (χ2v) is 4.56. The number of thioether (sulfide) groups is 1. The summed E-state index contributed by atoms with van der Waals surface area (Å²) in [5.74, 6) is -0.572. The number of halogens is 2. The first-order valence-electron chi connectivity index (χ1n) is 4.50. The summed E-state index contributed by atoms with van der Waals surface area (Å²) < 4.78 is 26.3. The third-order valence-corrected chi connectivity index (χ3v) is 3.63. The average molecular weight is 215 g/mol. The Bertz CT molecular complexity index is 343. The first-order chi connectivity index (χ1) is 6.68. The fourth-order valence-corrected chi connectivity index (χ4v) is 2.77. The molecule has 1 aromatic rings. The molecule has 1 aromatic carbocycles. The third-order valence-electron chi connectivity index (χ3n) is 2.21. The van der Waals surface area contributed by atoms with Crippen molar-refractivity contribution in [2.24, 2.45) is 0 Å². The molecule has 0 spiro atoms. The van der Waals surface area contributed by atoms with E-state index in [1.54, 1.807) is 23.9 Å². The first-order valence-corrected chi connectivity index (χ1v) is 5.55. The highest BCUT2D eigenvalue weighted by Crippen LogP contribution is 2.34. The van der Waals surface area contributed by atoms with Gasteiger partial charge in [-0.3, -0.25) is 5.32 Å². The Morgan fingerprint density at radius 3 is 2.86 bits per heavy atom. The quantitative estimate of drug-likeness (QED) is 0.773. The molecule has 4 heteroatoms. The molecule has 0 bridgehead atoms. The van der Waals surface area contributed by atoms with Crippen LogP contribution in [0.2, 0.25) is 0 Å². The van der Waals surface area contributed by atoms with Gasteiger partial charge in [-0.25, -0.2) is 8.78 Å². The van der Waals surface area contributed by atoms with E-state index in [0.717, 1.165) is 11.8 Å². The lowest BCUT2D eigenvalue weighted by Crippen LogP contribution is -2.22. The minimum atomic E-state index is -0.774. The molecule has 1 fully saturated rings. The molecule has 76 valence electrons. The van der Waals surface area contributed by atoms with Crippen molar-refractivity contribution in [3.63, 3.8) is 0 Å². The second kappa shape index (κ2) is 3.87. The van der Waals surface area contributed by atoms with Crippen LogP contribution in [0.1, 0.15) is 17.9 Å². The molecule has 0 amide bonds. The number of rotatable bonds is 1. The van der Waals surface area contributed by atoms with Gasteiger partial charge in [-0.2, -0.15) is 0 Å². The average Bonchev–Trinajstić information content (AvgIpc) is 2.57. The van der Waals surface area contributed by atoms with Crippen molar-refractivity contribution in [1.29, 1.82) is 0 Å². The van der Waals surface area contributed by atoms with Crippen LogP contribution in [-0.2, 0) is 0 Å². The van der Waals surface area contributed by atoms with Gasteiger partial charge in [0.2, 0.25) is 0 Å². The largest absolute Gasteiger partial charge is 0.298 e. The highest BCUT2D eigenvalue weighted by atomic mass is 32.2. The van der Waals surface area contributed by atoms with E-state index < -0.39 is 11.6 Å². The van der Waals surface area contributed by atoms with Crippen LogP contribution >= 0.6 is 11.8 Å². The zero-order valence-corrected chi connectivity index (χ0v) is 8.57. The summed E-state index contributed by atoms with van der Waals surface area (Å²) in [6.45, 7) is 2.03. The van der Waals surface area contributed by atoms with Gasteiger partial charge in [0, 0.05) is 17.4 Å². The van der Waals surface area contributed by atoms with E-state index in [2.05, 4.69) is 5.32 Å². The molecule has 0 radical (unpaired) electrons. The highest BCUT2D eigenvalue weighted by Gasteiger charge is 2.25. The van der Waals surface area contributed by atoms with Gasteiger partial charge in [0.15, 0.2) is 11.6 Å². The maximum absolute atomic E-state index is 13.4. The van der Waals surface area contributed by atoms with E-state index in [1.807, 2.05) is 6.92 Å². The molecule has 1 aliphatic rings. The summed E-state index contributed by atoms with van der Waals surface area (Å²) in [4.78, 5) is 0. The molecular formula is C10H11F2NS. The van der Waals surface area contributed by atoms with Crippen molar-refractivity contribution >= 4 is 11.8 Å². The Morgan fingerprint density at radius 1 is 1.43 bits per heavy atom. The van der Waals surface area contributed by atoms with E-state index in [0.29, 0.717) is 11.6 Å². The Balaban J connectivity index is 2.28. The standard InChI is InChI=1S/C10H11F2NS/c1-6-5-14-10(13-6)7-3-2-4-8(11)9(7)12/h2-4,6,10,13H,5H2,1H3. The van der Waals surface area contributed by atoms with Crippen LogP contribution in [0.4, 0.5) is 8.78 Å². The number of nitrogens with one attached hydrogen (secondary N) is 1. The minimum Gasteiger partial charge on any atom is -0.298 e. The third kappa shape index (κ3) is 1.77. The molecule has 1 N–H and O–H groups in total. The van der Waals surface area contributed by atoms with Crippen molar-refractivity contribution in [3.8, 4) is 0 Å². The molecule has 2 rings (SSSR count). The van der Waals surface area contributed by atoms with Crippen molar-refractivity contribution in [2.45, 2.75) is 18.3 Å². The smallest absolute Gasteiger partial charge is 0.164 e. The lowest BCUT2D eigenvalue weighted by molar-refractivity contribution is 0.489. The van der Waals surface area contributed by atoms with Gasteiger partial charge in [0.05, 0.1) is 5.37 Å². The maximum Gasteiger partial charge on any atom is 0.164 e. The summed E-state index contributed by atoms with van der Waals surface area (Å²) in [7, 11) is 0. The van der Waals surface area contributed by atoms with Crippen LogP contribution in [0.25, 0.3) is 0 Å². The molecule has 1 saturated heterocycles. The van der Waals surface area contributed by atoms with Crippen LogP contribution in [0.3, 0.4) is 0 Å². The van der Waals surface area contributed by atoms with Gasteiger partial charge < -0.3 is 0 Å². The van der Waals surface area contributed by atoms with E-state index in [9.17, 15) is 8.78 Å². The molecule has 0 aromatic heterocycles. The summed E-state index contributed by atoms with van der Waals surface area (Å²) in [5.41, 5.74) is 0.416. The predicted octanol–water partition coefficient (Wildman–Crippen LogP) is 2.69.